The maximum absolute atomic E-state index is 12.5. The highest BCUT2D eigenvalue weighted by Gasteiger charge is 2.21. The van der Waals surface area contributed by atoms with E-state index >= 15 is 0 Å². The molecule has 2 saturated heterocycles. The summed E-state index contributed by atoms with van der Waals surface area (Å²) in [4.78, 5) is 21.0. The number of ether oxygens (including phenoxy) is 2. The van der Waals surface area contributed by atoms with Gasteiger partial charge in [0.05, 0.1) is 12.7 Å². The van der Waals surface area contributed by atoms with Crippen LogP contribution in [-0.4, -0.2) is 89.0 Å². The van der Waals surface area contributed by atoms with Crippen LogP contribution in [0.25, 0.3) is 0 Å². The van der Waals surface area contributed by atoms with Crippen molar-refractivity contribution in [2.24, 2.45) is 4.99 Å². The maximum Gasteiger partial charge on any atom is 0.224 e. The summed E-state index contributed by atoms with van der Waals surface area (Å²) in [7, 11) is 1.74. The van der Waals surface area contributed by atoms with Crippen molar-refractivity contribution >= 4 is 17.6 Å². The summed E-state index contributed by atoms with van der Waals surface area (Å²) in [5.41, 5.74) is 1.23. The van der Waals surface area contributed by atoms with Crippen molar-refractivity contribution in [1.82, 2.24) is 15.5 Å². The number of nitrogens with one attached hydrogen (secondary N) is 2. The number of para-hydroxylation sites is 1. The van der Waals surface area contributed by atoms with E-state index in [2.05, 4.69) is 44.8 Å². The molecule has 172 valence electrons. The fourth-order valence-corrected chi connectivity index (χ4v) is 3.89. The first-order valence-corrected chi connectivity index (χ1v) is 11.5. The lowest BCUT2D eigenvalue weighted by Gasteiger charge is -2.36. The van der Waals surface area contributed by atoms with Crippen LogP contribution in [0.4, 0.5) is 5.69 Å². The second-order valence-corrected chi connectivity index (χ2v) is 7.94. The fourth-order valence-electron chi connectivity index (χ4n) is 3.89. The number of piperazine rings is 1. The average molecular weight is 432 g/mol. The smallest absolute Gasteiger partial charge is 0.224 e. The van der Waals surface area contributed by atoms with E-state index in [0.717, 1.165) is 64.6 Å². The van der Waals surface area contributed by atoms with Gasteiger partial charge in [0.2, 0.25) is 5.91 Å². The summed E-state index contributed by atoms with van der Waals surface area (Å²) >= 11 is 0. The van der Waals surface area contributed by atoms with Crippen molar-refractivity contribution in [3.05, 3.63) is 30.3 Å². The molecule has 0 bridgehead atoms. The number of nitrogens with zero attached hydrogens (tertiary/aromatic N) is 3. The zero-order valence-electron chi connectivity index (χ0n) is 18.7. The summed E-state index contributed by atoms with van der Waals surface area (Å²) in [6, 6.07) is 10.4. The van der Waals surface area contributed by atoms with E-state index in [1.54, 1.807) is 7.05 Å². The van der Waals surface area contributed by atoms with E-state index in [4.69, 9.17) is 9.47 Å². The number of carbonyl (C=O) groups excluding carboxylic acids is 1. The van der Waals surface area contributed by atoms with Gasteiger partial charge < -0.3 is 29.9 Å². The minimum Gasteiger partial charge on any atom is -0.379 e. The predicted octanol–water partition coefficient (Wildman–Crippen LogP) is 1.48. The number of rotatable bonds is 10. The van der Waals surface area contributed by atoms with Crippen molar-refractivity contribution in [3.8, 4) is 0 Å². The molecule has 2 aliphatic rings. The van der Waals surface area contributed by atoms with Gasteiger partial charge in [0.15, 0.2) is 5.96 Å². The van der Waals surface area contributed by atoms with Crippen LogP contribution in [0.1, 0.15) is 25.7 Å². The molecule has 1 aromatic rings. The highest BCUT2D eigenvalue weighted by atomic mass is 16.5. The maximum atomic E-state index is 12.5. The van der Waals surface area contributed by atoms with Crippen LogP contribution >= 0.6 is 0 Å². The number of aliphatic imine (C=N–C) groups is 1. The third-order valence-corrected chi connectivity index (χ3v) is 5.69. The van der Waals surface area contributed by atoms with Crippen LogP contribution in [-0.2, 0) is 14.3 Å². The Morgan fingerprint density at radius 3 is 2.65 bits per heavy atom. The van der Waals surface area contributed by atoms with Crippen LogP contribution in [0.3, 0.4) is 0 Å². The molecule has 0 radical (unpaired) electrons. The molecule has 0 spiro atoms. The lowest BCUT2D eigenvalue weighted by Crippen LogP contribution is -2.49. The van der Waals surface area contributed by atoms with Gasteiger partial charge >= 0.3 is 0 Å². The number of guanidine groups is 1. The van der Waals surface area contributed by atoms with Gasteiger partial charge in [-0.05, 0) is 31.4 Å². The molecular weight excluding hydrogens is 394 g/mol. The molecule has 0 saturated carbocycles. The Kier molecular flexibility index (Phi) is 9.92. The highest BCUT2D eigenvalue weighted by Crippen LogP contribution is 2.15. The monoisotopic (exact) mass is 431 g/mol. The van der Waals surface area contributed by atoms with Crippen molar-refractivity contribution in [1.29, 1.82) is 0 Å². The lowest BCUT2D eigenvalue weighted by atomic mass is 10.2. The zero-order chi connectivity index (χ0) is 21.7. The van der Waals surface area contributed by atoms with Gasteiger partial charge in [-0.2, -0.15) is 0 Å². The van der Waals surface area contributed by atoms with E-state index in [9.17, 15) is 4.79 Å². The van der Waals surface area contributed by atoms with Crippen LogP contribution in [0, 0.1) is 0 Å². The van der Waals surface area contributed by atoms with E-state index in [-0.39, 0.29) is 12.0 Å². The number of anilines is 1. The van der Waals surface area contributed by atoms with Gasteiger partial charge in [0, 0.05) is 71.6 Å². The highest BCUT2D eigenvalue weighted by molar-refractivity contribution is 5.81. The molecule has 1 amide bonds. The lowest BCUT2D eigenvalue weighted by molar-refractivity contribution is -0.131. The minimum atomic E-state index is 0.193. The summed E-state index contributed by atoms with van der Waals surface area (Å²) in [6.07, 6.45) is 3.90. The van der Waals surface area contributed by atoms with Gasteiger partial charge in [-0.3, -0.25) is 9.79 Å². The molecule has 0 aliphatic carbocycles. The Labute approximate surface area is 186 Å². The molecule has 31 heavy (non-hydrogen) atoms. The molecule has 3 rings (SSSR count). The Balaban J connectivity index is 1.23. The van der Waals surface area contributed by atoms with Gasteiger partial charge in [-0.1, -0.05) is 18.2 Å². The van der Waals surface area contributed by atoms with Crippen LogP contribution in [0.5, 0.6) is 0 Å². The molecule has 1 atom stereocenters. The van der Waals surface area contributed by atoms with E-state index < -0.39 is 0 Å². The predicted molar refractivity (Wildman–Crippen MR) is 124 cm³/mol. The number of amides is 1. The Bertz CT molecular complexity index is 671. The third kappa shape index (κ3) is 8.03. The Morgan fingerprint density at radius 1 is 1.16 bits per heavy atom. The minimum absolute atomic E-state index is 0.193. The standard InChI is InChI=1S/C23H37N5O3/c1-24-23(25-11-6-17-30-19-21-9-5-18-31-21)26-12-10-22(29)28-15-13-27(14-16-28)20-7-3-2-4-8-20/h2-4,7-8,21H,5-6,9-19H2,1H3,(H2,24,25,26). The molecule has 1 unspecified atom stereocenters. The summed E-state index contributed by atoms with van der Waals surface area (Å²) in [5, 5.41) is 6.50. The van der Waals surface area contributed by atoms with Crippen molar-refractivity contribution < 1.29 is 14.3 Å². The first kappa shape index (κ1) is 23.3. The molecule has 2 fully saturated rings. The van der Waals surface area contributed by atoms with Crippen LogP contribution < -0.4 is 15.5 Å². The van der Waals surface area contributed by atoms with Crippen molar-refractivity contribution in [2.45, 2.75) is 31.8 Å². The molecule has 2 N–H and O–H groups in total. The largest absolute Gasteiger partial charge is 0.379 e. The first-order chi connectivity index (χ1) is 15.3. The number of hydrogen-bond donors (Lipinski definition) is 2. The third-order valence-electron chi connectivity index (χ3n) is 5.69. The van der Waals surface area contributed by atoms with E-state index in [0.29, 0.717) is 26.2 Å². The van der Waals surface area contributed by atoms with Gasteiger partial charge in [0.25, 0.3) is 0 Å². The molecule has 8 nitrogen and oxygen atoms in total. The summed E-state index contributed by atoms with van der Waals surface area (Å²) < 4.78 is 11.2. The SMILES string of the molecule is CN=C(NCCCOCC1CCCO1)NCCC(=O)N1CCN(c2ccccc2)CC1. The van der Waals surface area contributed by atoms with Crippen molar-refractivity contribution in [2.75, 3.05) is 71.0 Å². The fraction of sp³-hybridized carbons (Fsp3) is 0.652. The molecule has 2 heterocycles. The summed E-state index contributed by atoms with van der Waals surface area (Å²) in [5.74, 6) is 0.916. The number of hydrogen-bond acceptors (Lipinski definition) is 5. The quantitative estimate of drug-likeness (QED) is 0.332. The number of carbonyl (C=O) groups is 1. The zero-order valence-corrected chi connectivity index (χ0v) is 18.7. The second-order valence-electron chi connectivity index (χ2n) is 7.94. The first-order valence-electron chi connectivity index (χ1n) is 11.5. The molecule has 2 aliphatic heterocycles. The Hall–Kier alpha value is -2.32. The average Bonchev–Trinajstić information content (AvgIpc) is 3.34. The molecule has 0 aromatic heterocycles. The molecule has 1 aromatic carbocycles. The second kappa shape index (κ2) is 13.2. The number of benzene rings is 1. The van der Waals surface area contributed by atoms with Gasteiger partial charge in [-0.15, -0.1) is 0 Å². The summed E-state index contributed by atoms with van der Waals surface area (Å²) in [6.45, 7) is 6.91. The van der Waals surface area contributed by atoms with E-state index in [1.165, 1.54) is 5.69 Å². The van der Waals surface area contributed by atoms with Gasteiger partial charge in [-0.25, -0.2) is 0 Å². The Morgan fingerprint density at radius 2 is 1.94 bits per heavy atom. The topological polar surface area (TPSA) is 78.4 Å². The van der Waals surface area contributed by atoms with E-state index in [1.807, 2.05) is 11.0 Å². The van der Waals surface area contributed by atoms with Crippen LogP contribution in [0.15, 0.2) is 35.3 Å². The van der Waals surface area contributed by atoms with Gasteiger partial charge in [0.1, 0.15) is 0 Å². The molecule has 8 heteroatoms. The van der Waals surface area contributed by atoms with Crippen molar-refractivity contribution in [3.63, 3.8) is 0 Å². The van der Waals surface area contributed by atoms with Crippen LogP contribution in [0.2, 0.25) is 0 Å². The normalized spacial score (nSPS) is 19.5. The molecular formula is C23H37N5O3.